The fourth-order valence-corrected chi connectivity index (χ4v) is 3.71. The van der Waals surface area contributed by atoms with Crippen LogP contribution in [0, 0.1) is 5.92 Å². The quantitative estimate of drug-likeness (QED) is 0.929. The molecule has 1 aliphatic carbocycles. The monoisotopic (exact) mass is 296 g/mol. The Hall–Kier alpha value is -1.07. The van der Waals surface area contributed by atoms with E-state index in [0.29, 0.717) is 10.9 Å². The molecule has 0 bridgehead atoms. The van der Waals surface area contributed by atoms with E-state index in [4.69, 9.17) is 0 Å². The van der Waals surface area contributed by atoms with Crippen LogP contribution in [-0.4, -0.2) is 32.9 Å². The minimum atomic E-state index is -3.36. The second-order valence-corrected chi connectivity index (χ2v) is 8.08. The molecule has 4 nitrogen and oxygen atoms in total. The third-order valence-electron chi connectivity index (χ3n) is 3.92. The van der Waals surface area contributed by atoms with Gasteiger partial charge in [0.25, 0.3) is 0 Å². The number of nitrogens with zero attached hydrogens (tertiary/aromatic N) is 1. The van der Waals surface area contributed by atoms with E-state index in [9.17, 15) is 8.42 Å². The molecule has 0 spiro atoms. The number of anilines is 1. The molecule has 1 saturated carbocycles. The Bertz CT molecular complexity index is 555. The number of hydrogen-bond acceptors (Lipinski definition) is 3. The molecular formula is C15H24N2O2S. The van der Waals surface area contributed by atoms with Crippen LogP contribution in [0.1, 0.15) is 32.6 Å². The van der Waals surface area contributed by atoms with Gasteiger partial charge < -0.3 is 5.32 Å². The number of sulfonamides is 1. The van der Waals surface area contributed by atoms with Crippen LogP contribution in [-0.2, 0) is 10.0 Å². The molecule has 20 heavy (non-hydrogen) atoms. The largest absolute Gasteiger partial charge is 0.382 e. The van der Waals surface area contributed by atoms with Crippen molar-refractivity contribution in [2.24, 2.45) is 5.92 Å². The predicted molar refractivity (Wildman–Crippen MR) is 82.4 cm³/mol. The average Bonchev–Trinajstić information content (AvgIpc) is 2.39. The van der Waals surface area contributed by atoms with E-state index in [0.717, 1.165) is 24.4 Å². The van der Waals surface area contributed by atoms with Crippen LogP contribution in [0.25, 0.3) is 0 Å². The molecule has 2 atom stereocenters. The van der Waals surface area contributed by atoms with Gasteiger partial charge in [0.2, 0.25) is 10.0 Å². The lowest BCUT2D eigenvalue weighted by Gasteiger charge is -2.28. The SMILES string of the molecule is CC1CCCC(Nc2cccc(S(=O)(=O)N(C)C)c2)C1. The molecule has 0 aromatic heterocycles. The van der Waals surface area contributed by atoms with Gasteiger partial charge in [-0.25, -0.2) is 12.7 Å². The summed E-state index contributed by atoms with van der Waals surface area (Å²) in [6.45, 7) is 2.28. The van der Waals surface area contributed by atoms with Crippen LogP contribution in [0.3, 0.4) is 0 Å². The summed E-state index contributed by atoms with van der Waals surface area (Å²) in [4.78, 5) is 0.344. The molecule has 1 aliphatic rings. The third kappa shape index (κ3) is 3.52. The highest BCUT2D eigenvalue weighted by atomic mass is 32.2. The Kier molecular flexibility index (Phi) is 4.70. The molecule has 0 radical (unpaired) electrons. The predicted octanol–water partition coefficient (Wildman–Crippen LogP) is 2.93. The molecule has 0 heterocycles. The smallest absolute Gasteiger partial charge is 0.242 e. The standard InChI is InChI=1S/C15H24N2O2S/c1-12-6-4-7-13(10-12)16-14-8-5-9-15(11-14)20(18,19)17(2)3/h5,8-9,11-13,16H,4,6-7,10H2,1-3H3. The molecule has 1 fully saturated rings. The lowest BCUT2D eigenvalue weighted by molar-refractivity contribution is 0.358. The normalized spacial score (nSPS) is 23.8. The molecular weight excluding hydrogens is 272 g/mol. The van der Waals surface area contributed by atoms with Crippen molar-refractivity contribution in [3.63, 3.8) is 0 Å². The van der Waals surface area contributed by atoms with Gasteiger partial charge in [-0.2, -0.15) is 0 Å². The third-order valence-corrected chi connectivity index (χ3v) is 5.73. The van der Waals surface area contributed by atoms with Gasteiger partial charge >= 0.3 is 0 Å². The highest BCUT2D eigenvalue weighted by Crippen LogP contribution is 2.27. The lowest BCUT2D eigenvalue weighted by Crippen LogP contribution is -2.26. The molecule has 0 aliphatic heterocycles. The molecule has 0 saturated heterocycles. The Morgan fingerprint density at radius 1 is 1.25 bits per heavy atom. The van der Waals surface area contributed by atoms with Crippen molar-refractivity contribution in [1.82, 2.24) is 4.31 Å². The molecule has 2 unspecified atom stereocenters. The fourth-order valence-electron chi connectivity index (χ4n) is 2.76. The summed E-state index contributed by atoms with van der Waals surface area (Å²) in [7, 11) is -0.250. The first-order chi connectivity index (χ1) is 9.39. The summed E-state index contributed by atoms with van der Waals surface area (Å²) in [5.41, 5.74) is 0.895. The van der Waals surface area contributed by atoms with Gasteiger partial charge in [-0.15, -0.1) is 0 Å². The maximum absolute atomic E-state index is 12.1. The van der Waals surface area contributed by atoms with Crippen LogP contribution in [0.2, 0.25) is 0 Å². The molecule has 1 aromatic carbocycles. The summed E-state index contributed by atoms with van der Waals surface area (Å²) in [6.07, 6.45) is 4.86. The number of nitrogens with one attached hydrogen (secondary N) is 1. The van der Waals surface area contributed by atoms with E-state index in [-0.39, 0.29) is 0 Å². The number of rotatable bonds is 4. The van der Waals surface area contributed by atoms with Crippen LogP contribution >= 0.6 is 0 Å². The van der Waals surface area contributed by atoms with Crippen LogP contribution < -0.4 is 5.32 Å². The van der Waals surface area contributed by atoms with E-state index in [2.05, 4.69) is 12.2 Å². The Morgan fingerprint density at radius 2 is 2.00 bits per heavy atom. The van der Waals surface area contributed by atoms with Crippen LogP contribution in [0.5, 0.6) is 0 Å². The van der Waals surface area contributed by atoms with Crippen LogP contribution in [0.15, 0.2) is 29.2 Å². The second-order valence-electron chi connectivity index (χ2n) is 5.93. The second kappa shape index (κ2) is 6.14. The first kappa shape index (κ1) is 15.3. The highest BCUT2D eigenvalue weighted by Gasteiger charge is 2.20. The minimum Gasteiger partial charge on any atom is -0.382 e. The van der Waals surface area contributed by atoms with E-state index in [1.807, 2.05) is 6.07 Å². The summed E-state index contributed by atoms with van der Waals surface area (Å²) >= 11 is 0. The zero-order chi connectivity index (χ0) is 14.8. The summed E-state index contributed by atoms with van der Waals surface area (Å²) in [5.74, 6) is 0.745. The minimum absolute atomic E-state index is 0.344. The number of benzene rings is 1. The highest BCUT2D eigenvalue weighted by molar-refractivity contribution is 7.89. The Balaban J connectivity index is 2.14. The lowest BCUT2D eigenvalue weighted by atomic mass is 9.87. The van der Waals surface area contributed by atoms with Crippen molar-refractivity contribution in [3.05, 3.63) is 24.3 Å². The van der Waals surface area contributed by atoms with Crippen molar-refractivity contribution in [3.8, 4) is 0 Å². The van der Waals surface area contributed by atoms with E-state index >= 15 is 0 Å². The molecule has 0 amide bonds. The van der Waals surface area contributed by atoms with Gasteiger partial charge in [-0.1, -0.05) is 25.8 Å². The average molecular weight is 296 g/mol. The van der Waals surface area contributed by atoms with Crippen LogP contribution in [0.4, 0.5) is 5.69 Å². The molecule has 1 aromatic rings. The van der Waals surface area contributed by atoms with Gasteiger partial charge in [0.05, 0.1) is 4.90 Å². The topological polar surface area (TPSA) is 49.4 Å². The number of hydrogen-bond donors (Lipinski definition) is 1. The van der Waals surface area contributed by atoms with Gasteiger partial charge in [0, 0.05) is 25.8 Å². The Labute approximate surface area is 122 Å². The maximum Gasteiger partial charge on any atom is 0.242 e. The van der Waals surface area contributed by atoms with Gasteiger partial charge in [0.15, 0.2) is 0 Å². The zero-order valence-corrected chi connectivity index (χ0v) is 13.3. The maximum atomic E-state index is 12.1. The van der Waals surface area contributed by atoms with E-state index < -0.39 is 10.0 Å². The molecule has 1 N–H and O–H groups in total. The van der Waals surface area contributed by atoms with Gasteiger partial charge in [-0.05, 0) is 37.0 Å². The van der Waals surface area contributed by atoms with Crippen molar-refractivity contribution < 1.29 is 8.42 Å². The van der Waals surface area contributed by atoms with Crippen molar-refractivity contribution >= 4 is 15.7 Å². The molecule has 112 valence electrons. The van der Waals surface area contributed by atoms with Crippen molar-refractivity contribution in [1.29, 1.82) is 0 Å². The fraction of sp³-hybridized carbons (Fsp3) is 0.600. The first-order valence-electron chi connectivity index (χ1n) is 7.18. The summed E-state index contributed by atoms with van der Waals surface area (Å²) < 4.78 is 25.5. The van der Waals surface area contributed by atoms with Crippen molar-refractivity contribution in [2.75, 3.05) is 19.4 Å². The van der Waals surface area contributed by atoms with E-state index in [1.165, 1.54) is 17.1 Å². The van der Waals surface area contributed by atoms with Gasteiger partial charge in [0.1, 0.15) is 0 Å². The summed E-state index contributed by atoms with van der Waals surface area (Å²) in [6, 6.07) is 7.56. The zero-order valence-electron chi connectivity index (χ0n) is 12.5. The Morgan fingerprint density at radius 3 is 2.65 bits per heavy atom. The van der Waals surface area contributed by atoms with Gasteiger partial charge in [-0.3, -0.25) is 0 Å². The first-order valence-corrected chi connectivity index (χ1v) is 8.62. The summed E-state index contributed by atoms with van der Waals surface area (Å²) in [5, 5.41) is 3.48. The van der Waals surface area contributed by atoms with E-state index in [1.54, 1.807) is 32.3 Å². The molecule has 5 heteroatoms. The molecule has 2 rings (SSSR count). The van der Waals surface area contributed by atoms with Crippen molar-refractivity contribution in [2.45, 2.75) is 43.5 Å².